The van der Waals surface area contributed by atoms with Gasteiger partial charge >= 0.3 is 6.09 Å². The first kappa shape index (κ1) is 43.0. The Morgan fingerprint density at radius 3 is 1.96 bits per heavy atom. The molecule has 0 heterocycles. The summed E-state index contributed by atoms with van der Waals surface area (Å²) in [7, 11) is -3.84. The first-order chi connectivity index (χ1) is 22.9. The fourth-order valence-electron chi connectivity index (χ4n) is 4.85. The second kappa shape index (κ2) is 24.2. The van der Waals surface area contributed by atoms with E-state index < -0.39 is 33.1 Å². The zero-order chi connectivity index (χ0) is 35.7. The average molecular weight is 704 g/mol. The van der Waals surface area contributed by atoms with E-state index in [1.165, 1.54) is 12.1 Å². The summed E-state index contributed by atoms with van der Waals surface area (Å²) < 4.78 is 66.2. The number of carbonyl (C=O) groups excluding carboxylic acids is 2. The molecule has 3 N–H and O–H groups in total. The summed E-state index contributed by atoms with van der Waals surface area (Å²) in [5, 5.41) is 6.27. The number of carbonyl (C=O) groups is 2. The Hall–Kier alpha value is -3.02. The smallest absolute Gasteiger partial charge is 0.404 e. The lowest BCUT2D eigenvalue weighted by Gasteiger charge is -2.47. The van der Waals surface area contributed by atoms with Crippen molar-refractivity contribution in [2.45, 2.75) is 51.2 Å². The molecular formula is C31H53N5O11S. The third-order valence-corrected chi connectivity index (χ3v) is 8.93. The quantitative estimate of drug-likeness (QED) is 0.0405. The number of nitrogens with one attached hydrogen (secondary N) is 1. The van der Waals surface area contributed by atoms with Crippen LogP contribution in [0.1, 0.15) is 40.5 Å². The molecule has 274 valence electrons. The molecular weight excluding hydrogens is 650 g/mol. The number of rotatable bonds is 29. The van der Waals surface area contributed by atoms with Crippen molar-refractivity contribution in [2.75, 3.05) is 91.5 Å². The molecule has 2 amide bonds. The molecule has 16 nitrogen and oxygen atoms in total. The highest BCUT2D eigenvalue weighted by Gasteiger charge is 2.50. The molecule has 1 rings (SSSR count). The number of benzene rings is 1. The Labute approximate surface area is 283 Å². The van der Waals surface area contributed by atoms with Crippen LogP contribution in [0.2, 0.25) is 0 Å². The van der Waals surface area contributed by atoms with Crippen LogP contribution < -0.4 is 11.1 Å². The van der Waals surface area contributed by atoms with Crippen LogP contribution in [0.5, 0.6) is 0 Å². The van der Waals surface area contributed by atoms with Crippen molar-refractivity contribution in [3.8, 4) is 0 Å². The van der Waals surface area contributed by atoms with Crippen LogP contribution in [0.4, 0.5) is 4.79 Å². The molecule has 1 aromatic carbocycles. The maximum absolute atomic E-state index is 13.7. The molecule has 48 heavy (non-hydrogen) atoms. The van der Waals surface area contributed by atoms with E-state index in [0.29, 0.717) is 46.2 Å². The third-order valence-electron chi connectivity index (χ3n) is 7.16. The van der Waals surface area contributed by atoms with E-state index in [0.717, 1.165) is 0 Å². The van der Waals surface area contributed by atoms with Gasteiger partial charge in [0.15, 0.2) is 15.6 Å². The zero-order valence-corrected chi connectivity index (χ0v) is 29.4. The van der Waals surface area contributed by atoms with E-state index in [9.17, 15) is 18.0 Å². The minimum atomic E-state index is -3.84. The van der Waals surface area contributed by atoms with Gasteiger partial charge in [0, 0.05) is 50.0 Å². The van der Waals surface area contributed by atoms with Crippen LogP contribution in [-0.4, -0.2) is 118 Å². The third kappa shape index (κ3) is 17.4. The van der Waals surface area contributed by atoms with Crippen LogP contribution >= 0.6 is 0 Å². The topological polar surface area (TPSA) is 220 Å². The predicted octanol–water partition coefficient (Wildman–Crippen LogP) is 3.24. The maximum atomic E-state index is 13.7. The van der Waals surface area contributed by atoms with Gasteiger partial charge in [-0.05, 0) is 36.9 Å². The first-order valence-electron chi connectivity index (χ1n) is 16.0. The number of hydrogen-bond acceptors (Lipinski definition) is 12. The lowest BCUT2D eigenvalue weighted by Crippen LogP contribution is -2.56. The Balaban J connectivity index is 2.73. The monoisotopic (exact) mass is 703 g/mol. The number of azide groups is 1. The van der Waals surface area contributed by atoms with Gasteiger partial charge in [-0.15, -0.1) is 0 Å². The molecule has 0 radical (unpaired) electrons. The second-order valence-corrected chi connectivity index (χ2v) is 13.2. The molecule has 1 aromatic rings. The average Bonchev–Trinajstić information content (AvgIpc) is 3.05. The zero-order valence-electron chi connectivity index (χ0n) is 28.6. The summed E-state index contributed by atoms with van der Waals surface area (Å²) >= 11 is 0. The van der Waals surface area contributed by atoms with Crippen LogP contribution in [0.25, 0.3) is 10.4 Å². The Kier molecular flexibility index (Phi) is 21.7. The SMILES string of the molecule is CCOC(CCOC(N)=O)(OCC)C(CS(=O)(=O)c1ccccc1)C(C)(C)CNC(=O)CCOCCOCCOCCOCCN=[N+]=[N-]. The lowest BCUT2D eigenvalue weighted by molar-refractivity contribution is -0.282. The van der Waals surface area contributed by atoms with Gasteiger partial charge in [-0.1, -0.05) is 37.2 Å². The standard InChI is InChI=1S/C31H53N5O11S/c1-5-46-31(47-6-2,13-16-45-29(32)38)27(24-48(39,40)26-10-8-7-9-11-26)30(3,4)25-34-28(37)12-15-41-18-20-43-22-23-44-21-19-42-17-14-35-36-33/h7-11,27H,5-6,12-25H2,1-4H3,(H2,32,38)(H,34,37). The molecule has 0 aromatic heterocycles. The van der Waals surface area contributed by atoms with Gasteiger partial charge in [-0.25, -0.2) is 13.2 Å². The van der Waals surface area contributed by atoms with Gasteiger partial charge in [0.1, 0.15) is 0 Å². The van der Waals surface area contributed by atoms with E-state index in [4.69, 9.17) is 44.4 Å². The molecule has 0 spiro atoms. The van der Waals surface area contributed by atoms with E-state index in [1.54, 1.807) is 32.0 Å². The minimum Gasteiger partial charge on any atom is -0.449 e. The van der Waals surface area contributed by atoms with Crippen molar-refractivity contribution >= 4 is 21.8 Å². The normalized spacial score (nSPS) is 12.7. The molecule has 1 unspecified atom stereocenters. The molecule has 17 heteroatoms. The first-order valence-corrected chi connectivity index (χ1v) is 17.7. The summed E-state index contributed by atoms with van der Waals surface area (Å²) in [6.07, 6.45) is -0.876. The second-order valence-electron chi connectivity index (χ2n) is 11.2. The molecule has 0 saturated heterocycles. The summed E-state index contributed by atoms with van der Waals surface area (Å²) in [4.78, 5) is 26.9. The fourth-order valence-corrected chi connectivity index (χ4v) is 6.76. The Bertz CT molecular complexity index is 1190. The Morgan fingerprint density at radius 1 is 0.896 bits per heavy atom. The summed E-state index contributed by atoms with van der Waals surface area (Å²) in [6, 6.07) is 8.07. The van der Waals surface area contributed by atoms with Gasteiger partial charge in [0.25, 0.3) is 0 Å². The van der Waals surface area contributed by atoms with Crippen molar-refractivity contribution in [3.63, 3.8) is 0 Å². The van der Waals surface area contributed by atoms with Crippen molar-refractivity contribution in [2.24, 2.45) is 22.2 Å². The van der Waals surface area contributed by atoms with Crippen LogP contribution in [0.3, 0.4) is 0 Å². The van der Waals surface area contributed by atoms with Crippen LogP contribution in [0, 0.1) is 11.3 Å². The molecule has 0 aliphatic carbocycles. The lowest BCUT2D eigenvalue weighted by atomic mass is 9.73. The van der Waals surface area contributed by atoms with Crippen molar-refractivity contribution in [1.82, 2.24) is 5.32 Å². The van der Waals surface area contributed by atoms with Crippen molar-refractivity contribution < 1.29 is 51.2 Å². The number of ether oxygens (including phenoxy) is 7. The highest BCUT2D eigenvalue weighted by Crippen LogP contribution is 2.42. The van der Waals surface area contributed by atoms with Gasteiger partial charge in [-0.2, -0.15) is 0 Å². The minimum absolute atomic E-state index is 0.0145. The number of sulfone groups is 1. The summed E-state index contributed by atoms with van der Waals surface area (Å²) in [5.74, 6) is -2.94. The summed E-state index contributed by atoms with van der Waals surface area (Å²) in [5.41, 5.74) is 12.5. The van der Waals surface area contributed by atoms with Crippen LogP contribution in [0.15, 0.2) is 40.3 Å². The van der Waals surface area contributed by atoms with Gasteiger partial charge in [-0.3, -0.25) is 4.79 Å². The number of primary amides is 1. The van der Waals surface area contributed by atoms with E-state index in [1.807, 2.05) is 13.8 Å². The van der Waals surface area contributed by atoms with Crippen LogP contribution in [-0.2, 0) is 47.8 Å². The number of nitrogens with two attached hydrogens (primary N) is 1. The largest absolute Gasteiger partial charge is 0.449 e. The molecule has 0 fully saturated rings. The molecule has 1 atom stereocenters. The van der Waals surface area contributed by atoms with Gasteiger partial charge in [0.2, 0.25) is 5.91 Å². The number of nitrogens with zero attached hydrogens (tertiary/aromatic N) is 3. The highest BCUT2D eigenvalue weighted by molar-refractivity contribution is 7.91. The van der Waals surface area contributed by atoms with Gasteiger partial charge < -0.3 is 44.2 Å². The van der Waals surface area contributed by atoms with Crippen molar-refractivity contribution in [1.29, 1.82) is 0 Å². The molecule has 0 aliphatic heterocycles. The van der Waals surface area contributed by atoms with E-state index >= 15 is 0 Å². The van der Waals surface area contributed by atoms with Crippen molar-refractivity contribution in [3.05, 3.63) is 40.8 Å². The number of amides is 2. The molecule has 0 aliphatic rings. The predicted molar refractivity (Wildman–Crippen MR) is 177 cm³/mol. The Morgan fingerprint density at radius 2 is 1.44 bits per heavy atom. The molecule has 0 bridgehead atoms. The highest BCUT2D eigenvalue weighted by atomic mass is 32.2. The van der Waals surface area contributed by atoms with E-state index in [2.05, 4.69) is 15.3 Å². The fraction of sp³-hybridized carbons (Fsp3) is 0.742. The van der Waals surface area contributed by atoms with Gasteiger partial charge in [0.05, 0.1) is 70.1 Å². The van der Waals surface area contributed by atoms with E-state index in [-0.39, 0.29) is 68.9 Å². The summed E-state index contributed by atoms with van der Waals surface area (Å²) in [6.45, 7) is 10.4. The number of hydrogen-bond donors (Lipinski definition) is 2. The molecule has 0 saturated carbocycles. The maximum Gasteiger partial charge on any atom is 0.404 e.